The van der Waals surface area contributed by atoms with Gasteiger partial charge in [0.2, 0.25) is 6.04 Å². The van der Waals surface area contributed by atoms with Crippen LogP contribution in [0.3, 0.4) is 0 Å². The number of methoxy groups -OCH3 is 2. The molecule has 1 rings (SSSR count). The molecule has 1 aromatic rings. The zero-order valence-corrected chi connectivity index (χ0v) is 12.0. The standard InChI is InChI=1S/C13H15N3O6/c1-21-11(17)10(12(18)22-2)16-13(19)15-9-5-3-8(4-6-9)7-14-20/h3-6,10H,7H2,1-2H3,(H2,15,16,19). The van der Waals surface area contributed by atoms with Crippen molar-refractivity contribution in [3.63, 3.8) is 0 Å². The summed E-state index contributed by atoms with van der Waals surface area (Å²) >= 11 is 0. The number of nitrogens with zero attached hydrogens (tertiary/aromatic N) is 1. The maximum atomic E-state index is 11.8. The van der Waals surface area contributed by atoms with Crippen LogP contribution in [0, 0.1) is 4.91 Å². The van der Waals surface area contributed by atoms with Gasteiger partial charge >= 0.3 is 18.0 Å². The number of anilines is 1. The Morgan fingerprint density at radius 3 is 2.09 bits per heavy atom. The van der Waals surface area contributed by atoms with Crippen LogP contribution in [0.2, 0.25) is 0 Å². The van der Waals surface area contributed by atoms with Gasteiger partial charge in [-0.1, -0.05) is 17.3 Å². The van der Waals surface area contributed by atoms with Crippen molar-refractivity contribution < 1.29 is 23.9 Å². The number of nitrogens with one attached hydrogen (secondary N) is 2. The zero-order chi connectivity index (χ0) is 16.5. The lowest BCUT2D eigenvalue weighted by Gasteiger charge is -2.14. The largest absolute Gasteiger partial charge is 0.467 e. The Hall–Kier alpha value is -2.97. The van der Waals surface area contributed by atoms with Gasteiger partial charge < -0.3 is 20.1 Å². The van der Waals surface area contributed by atoms with E-state index in [-0.39, 0.29) is 6.54 Å². The maximum absolute atomic E-state index is 11.8. The number of hydrogen-bond acceptors (Lipinski definition) is 7. The molecule has 2 N–H and O–H groups in total. The van der Waals surface area contributed by atoms with Gasteiger partial charge in [-0.05, 0) is 17.7 Å². The molecule has 1 aromatic carbocycles. The molecule has 0 heterocycles. The molecular weight excluding hydrogens is 294 g/mol. The molecule has 0 radical (unpaired) electrons. The van der Waals surface area contributed by atoms with Crippen LogP contribution in [0.25, 0.3) is 0 Å². The minimum Gasteiger partial charge on any atom is -0.467 e. The second kappa shape index (κ2) is 8.35. The van der Waals surface area contributed by atoms with E-state index in [0.717, 1.165) is 14.2 Å². The number of esters is 2. The van der Waals surface area contributed by atoms with Gasteiger partial charge in [-0.2, -0.15) is 4.91 Å². The summed E-state index contributed by atoms with van der Waals surface area (Å²) in [5, 5.41) is 7.31. The van der Waals surface area contributed by atoms with E-state index in [1.165, 1.54) is 0 Å². The number of amides is 2. The first-order chi connectivity index (χ1) is 10.5. The van der Waals surface area contributed by atoms with E-state index in [0.29, 0.717) is 11.3 Å². The highest BCUT2D eigenvalue weighted by atomic mass is 16.5. The van der Waals surface area contributed by atoms with E-state index < -0.39 is 24.0 Å². The van der Waals surface area contributed by atoms with Gasteiger partial charge in [0.05, 0.1) is 14.2 Å². The Balaban J connectivity index is 2.68. The molecule has 0 fully saturated rings. The van der Waals surface area contributed by atoms with Crippen molar-refractivity contribution in [3.8, 4) is 0 Å². The van der Waals surface area contributed by atoms with Crippen molar-refractivity contribution >= 4 is 23.7 Å². The quantitative estimate of drug-likeness (QED) is 0.455. The number of nitroso groups, excluding NO2 is 1. The second-order valence-corrected chi connectivity index (χ2v) is 4.06. The molecule has 0 aliphatic rings. The normalized spacial score (nSPS) is 9.77. The van der Waals surface area contributed by atoms with Crippen LogP contribution in [-0.2, 0) is 25.6 Å². The molecule has 2 amide bonds. The summed E-state index contributed by atoms with van der Waals surface area (Å²) < 4.78 is 8.81. The number of rotatable bonds is 6. The third-order valence-electron chi connectivity index (χ3n) is 2.61. The molecule has 0 saturated heterocycles. The lowest BCUT2D eigenvalue weighted by Crippen LogP contribution is -2.49. The Morgan fingerprint density at radius 2 is 1.64 bits per heavy atom. The lowest BCUT2D eigenvalue weighted by atomic mass is 10.2. The van der Waals surface area contributed by atoms with Gasteiger partial charge in [-0.15, -0.1) is 0 Å². The van der Waals surface area contributed by atoms with Crippen LogP contribution in [0.4, 0.5) is 10.5 Å². The third kappa shape index (κ3) is 4.85. The van der Waals surface area contributed by atoms with Gasteiger partial charge in [0.25, 0.3) is 0 Å². The molecule has 0 atom stereocenters. The summed E-state index contributed by atoms with van der Waals surface area (Å²) in [6.45, 7) is 0.0270. The predicted molar refractivity (Wildman–Crippen MR) is 75.9 cm³/mol. The van der Waals surface area contributed by atoms with Crippen molar-refractivity contribution in [2.24, 2.45) is 5.18 Å². The predicted octanol–water partition coefficient (Wildman–Crippen LogP) is 0.789. The third-order valence-corrected chi connectivity index (χ3v) is 2.61. The summed E-state index contributed by atoms with van der Waals surface area (Å²) in [6, 6.07) is 3.96. The summed E-state index contributed by atoms with van der Waals surface area (Å²) in [6.07, 6.45) is 0. The van der Waals surface area contributed by atoms with Crippen molar-refractivity contribution in [1.29, 1.82) is 0 Å². The van der Waals surface area contributed by atoms with E-state index >= 15 is 0 Å². The number of carbonyl (C=O) groups is 3. The maximum Gasteiger partial charge on any atom is 0.340 e. The fourth-order valence-electron chi connectivity index (χ4n) is 1.52. The number of urea groups is 1. The lowest BCUT2D eigenvalue weighted by molar-refractivity contribution is -0.154. The molecule has 9 heteroatoms. The van der Waals surface area contributed by atoms with Gasteiger partial charge in [0.1, 0.15) is 6.54 Å². The molecule has 9 nitrogen and oxygen atoms in total. The smallest absolute Gasteiger partial charge is 0.340 e. The van der Waals surface area contributed by atoms with E-state index in [9.17, 15) is 19.3 Å². The molecular formula is C13H15N3O6. The van der Waals surface area contributed by atoms with E-state index in [1.807, 2.05) is 0 Å². The van der Waals surface area contributed by atoms with Crippen LogP contribution in [0.5, 0.6) is 0 Å². The molecule has 0 bridgehead atoms. The minimum absolute atomic E-state index is 0.0270. The molecule has 0 aromatic heterocycles. The highest BCUT2D eigenvalue weighted by Gasteiger charge is 2.30. The topological polar surface area (TPSA) is 123 Å². The van der Waals surface area contributed by atoms with Gasteiger partial charge in [-0.25, -0.2) is 14.4 Å². The van der Waals surface area contributed by atoms with Crippen LogP contribution in [0.15, 0.2) is 29.4 Å². The molecule has 0 unspecified atom stereocenters. The first kappa shape index (κ1) is 17.1. The Bertz CT molecular complexity index is 541. The fraction of sp³-hybridized carbons (Fsp3) is 0.308. The zero-order valence-electron chi connectivity index (χ0n) is 12.0. The average Bonchev–Trinajstić information content (AvgIpc) is 2.53. The molecule has 22 heavy (non-hydrogen) atoms. The van der Waals surface area contributed by atoms with Crippen molar-refractivity contribution in [3.05, 3.63) is 34.7 Å². The minimum atomic E-state index is -1.56. The number of benzene rings is 1. The van der Waals surface area contributed by atoms with Crippen LogP contribution in [0.1, 0.15) is 5.56 Å². The van der Waals surface area contributed by atoms with Crippen LogP contribution >= 0.6 is 0 Å². The first-order valence-electron chi connectivity index (χ1n) is 6.13. The highest BCUT2D eigenvalue weighted by Crippen LogP contribution is 2.10. The summed E-state index contributed by atoms with van der Waals surface area (Å²) in [7, 11) is 2.16. The summed E-state index contributed by atoms with van der Waals surface area (Å²) in [5.41, 5.74) is 1.09. The molecule has 118 valence electrons. The Labute approximate surface area is 125 Å². The highest BCUT2D eigenvalue weighted by molar-refractivity contribution is 6.04. The Morgan fingerprint density at radius 1 is 1.09 bits per heavy atom. The average molecular weight is 309 g/mol. The summed E-state index contributed by atoms with van der Waals surface area (Å²) in [4.78, 5) is 44.7. The van der Waals surface area contributed by atoms with Crippen molar-refractivity contribution in [2.75, 3.05) is 19.5 Å². The number of hydrogen-bond donors (Lipinski definition) is 2. The SMILES string of the molecule is COC(=O)C(NC(=O)Nc1ccc(CN=O)cc1)C(=O)OC. The number of ether oxygens (including phenoxy) is 2. The van der Waals surface area contributed by atoms with Crippen molar-refractivity contribution in [2.45, 2.75) is 12.6 Å². The van der Waals surface area contributed by atoms with Gasteiger partial charge in [0, 0.05) is 5.69 Å². The van der Waals surface area contributed by atoms with Crippen LogP contribution in [-0.4, -0.2) is 38.2 Å². The Kier molecular flexibility index (Phi) is 6.48. The molecule has 0 aliphatic heterocycles. The molecule has 0 spiro atoms. The van der Waals surface area contributed by atoms with E-state index in [2.05, 4.69) is 25.3 Å². The van der Waals surface area contributed by atoms with Gasteiger partial charge in [-0.3, -0.25) is 0 Å². The van der Waals surface area contributed by atoms with Crippen LogP contribution < -0.4 is 10.6 Å². The van der Waals surface area contributed by atoms with Gasteiger partial charge in [0.15, 0.2) is 0 Å². The van der Waals surface area contributed by atoms with E-state index in [4.69, 9.17) is 0 Å². The second-order valence-electron chi connectivity index (χ2n) is 4.06. The fourth-order valence-corrected chi connectivity index (χ4v) is 1.52. The summed E-state index contributed by atoms with van der Waals surface area (Å²) in [5.74, 6) is -1.90. The van der Waals surface area contributed by atoms with E-state index in [1.54, 1.807) is 24.3 Å². The van der Waals surface area contributed by atoms with Crippen molar-refractivity contribution in [1.82, 2.24) is 5.32 Å². The first-order valence-corrected chi connectivity index (χ1v) is 6.13. The molecule has 0 saturated carbocycles. The number of carbonyl (C=O) groups excluding carboxylic acids is 3. The molecule has 0 aliphatic carbocycles. The monoisotopic (exact) mass is 309 g/mol.